The summed E-state index contributed by atoms with van der Waals surface area (Å²) in [5.41, 5.74) is 0. The van der Waals surface area contributed by atoms with Crippen molar-refractivity contribution in [3.8, 4) is 0 Å². The molecule has 1 rings (SSSR count). The molecule has 60 valence electrons. The molecule has 0 unspecified atom stereocenters. The molecule has 0 aliphatic rings. The maximum absolute atomic E-state index is 5.32. The van der Waals surface area contributed by atoms with E-state index < -0.39 is 4.43 Å². The van der Waals surface area contributed by atoms with Gasteiger partial charge in [-0.25, -0.2) is 0 Å². The van der Waals surface area contributed by atoms with Crippen molar-refractivity contribution in [2.75, 3.05) is 7.11 Å². The molecule has 0 radical (unpaired) electrons. The molecule has 4 heteroatoms. The predicted octanol–water partition coefficient (Wildman–Crippen LogP) is 1.06. The van der Waals surface area contributed by atoms with E-state index in [0.717, 1.165) is 0 Å². The van der Waals surface area contributed by atoms with Gasteiger partial charge in [-0.2, -0.15) is 0 Å². The molecule has 1 atom stereocenters. The Kier molecular flexibility index (Phi) is 3.58. The van der Waals surface area contributed by atoms with Gasteiger partial charge in [-0.1, -0.05) is 0 Å². The first kappa shape index (κ1) is 9.73. The van der Waals surface area contributed by atoms with Crippen molar-refractivity contribution in [3.63, 3.8) is 0 Å². The van der Waals surface area contributed by atoms with Crippen LogP contribution in [0.1, 0.15) is 0 Å². The molecular weight excluding hydrogens is 289 g/mol. The zero-order valence-corrected chi connectivity index (χ0v) is 10.4. The van der Waals surface area contributed by atoms with Gasteiger partial charge in [-0.15, -0.1) is 0 Å². The van der Waals surface area contributed by atoms with Crippen molar-refractivity contribution < 1.29 is 4.52 Å². The normalized spacial score (nSPS) is 15.8. The van der Waals surface area contributed by atoms with Crippen LogP contribution in [0, 0.1) is 0 Å². The van der Waals surface area contributed by atoms with Gasteiger partial charge in [0.15, 0.2) is 0 Å². The molecule has 0 aliphatic carbocycles. The van der Waals surface area contributed by atoms with Crippen molar-refractivity contribution in [1.29, 1.82) is 0 Å². The predicted molar refractivity (Wildman–Crippen MR) is 51.5 cm³/mol. The van der Waals surface area contributed by atoms with Gasteiger partial charge >= 0.3 is 82.4 Å². The van der Waals surface area contributed by atoms with E-state index in [1.807, 2.05) is 18.2 Å². The van der Waals surface area contributed by atoms with E-state index in [2.05, 4.69) is 42.8 Å². The molecule has 1 nitrogen and oxygen atoms in total. The van der Waals surface area contributed by atoms with Crippen LogP contribution in [0.25, 0.3) is 0 Å². The van der Waals surface area contributed by atoms with Crippen LogP contribution in [-0.2, 0) is 4.52 Å². The summed E-state index contributed by atoms with van der Waals surface area (Å²) in [6.07, 6.45) is 0. The Bertz CT molecular complexity index is 273. The molecule has 1 aromatic rings. The second-order valence-electron chi connectivity index (χ2n) is 2.02. The van der Waals surface area contributed by atoms with Crippen molar-refractivity contribution >= 4 is 40.4 Å². The minimum atomic E-state index is -1.53. The third-order valence-electron chi connectivity index (χ3n) is 1.31. The summed E-state index contributed by atoms with van der Waals surface area (Å²) in [5.74, 6) is 0. The van der Waals surface area contributed by atoms with E-state index in [1.54, 1.807) is 7.11 Å². The van der Waals surface area contributed by atoms with Crippen molar-refractivity contribution in [3.05, 3.63) is 30.3 Å². The maximum atomic E-state index is 5.32. The van der Waals surface area contributed by atoms with E-state index in [-0.39, 0.29) is 0 Å². The molecule has 0 fully saturated rings. The third kappa shape index (κ3) is 2.56. The molecule has 11 heavy (non-hydrogen) atoms. The van der Waals surface area contributed by atoms with Gasteiger partial charge in [0.2, 0.25) is 0 Å². The zero-order valence-electron chi connectivity index (χ0n) is 6.06. The molecule has 1 aromatic carbocycles. The van der Waals surface area contributed by atoms with Gasteiger partial charge in [0.1, 0.15) is 0 Å². The summed E-state index contributed by atoms with van der Waals surface area (Å²) in [7, 11) is 1.72. The van der Waals surface area contributed by atoms with Gasteiger partial charge in [0.05, 0.1) is 0 Å². The molecule has 0 bridgehead atoms. The Hall–Kier alpha value is 0.649. The van der Waals surface area contributed by atoms with Gasteiger partial charge in [-0.3, -0.25) is 0 Å². The Morgan fingerprint density at radius 2 is 1.91 bits per heavy atom. The van der Waals surface area contributed by atoms with Crippen LogP contribution < -0.4 is 5.30 Å². The molecule has 0 amide bonds. The number of rotatable bonds is 2. The Labute approximate surface area is 82.3 Å². The first-order valence-corrected chi connectivity index (χ1v) is 9.23. The van der Waals surface area contributed by atoms with E-state index in [0.29, 0.717) is 0 Å². The topological polar surface area (TPSA) is 9.23 Å². The molecule has 0 spiro atoms. The molecular formula is C7H8OPSe2-. The van der Waals surface area contributed by atoms with E-state index in [1.165, 1.54) is 5.30 Å². The first-order chi connectivity index (χ1) is 5.17. The van der Waals surface area contributed by atoms with Crippen LogP contribution in [0.15, 0.2) is 30.3 Å². The quantitative estimate of drug-likeness (QED) is 0.586. The summed E-state index contributed by atoms with van der Waals surface area (Å²) < 4.78 is 3.80. The Balaban J connectivity index is 3.03. The number of hydrogen-bond acceptors (Lipinski definition) is 1. The molecule has 0 heterocycles. The monoisotopic (exact) mass is 299 g/mol. The minimum absolute atomic E-state index is 1.21. The van der Waals surface area contributed by atoms with Crippen molar-refractivity contribution in [1.82, 2.24) is 0 Å². The fraction of sp³-hybridized carbons (Fsp3) is 0.143. The van der Waals surface area contributed by atoms with Crippen LogP contribution in [-0.4, -0.2) is 37.8 Å². The SMILES string of the molecule is CO[P@](=[Se])([Se-])c1ccccc1. The summed E-state index contributed by atoms with van der Waals surface area (Å²) >= 11 is 6.11. The molecule has 0 saturated heterocycles. The van der Waals surface area contributed by atoms with Crippen LogP contribution in [0.5, 0.6) is 0 Å². The molecule has 0 N–H and O–H groups in total. The average Bonchev–Trinajstić information content (AvgIpc) is 2.06. The Morgan fingerprint density at radius 3 is 2.36 bits per heavy atom. The van der Waals surface area contributed by atoms with Crippen LogP contribution in [0.2, 0.25) is 0 Å². The second kappa shape index (κ2) is 4.05. The van der Waals surface area contributed by atoms with E-state index >= 15 is 0 Å². The van der Waals surface area contributed by atoms with Crippen molar-refractivity contribution in [2.45, 2.75) is 0 Å². The second-order valence-corrected chi connectivity index (χ2v) is 13.9. The van der Waals surface area contributed by atoms with Crippen LogP contribution in [0.4, 0.5) is 0 Å². The third-order valence-corrected chi connectivity index (χ3v) is 7.25. The van der Waals surface area contributed by atoms with E-state index in [4.69, 9.17) is 4.52 Å². The fourth-order valence-corrected chi connectivity index (χ4v) is 3.00. The Morgan fingerprint density at radius 1 is 1.36 bits per heavy atom. The molecule has 0 aliphatic heterocycles. The summed E-state index contributed by atoms with van der Waals surface area (Å²) in [4.78, 5) is 0. The zero-order chi connectivity index (χ0) is 8.32. The van der Waals surface area contributed by atoms with Crippen LogP contribution >= 0.6 is 4.43 Å². The average molecular weight is 297 g/mol. The summed E-state index contributed by atoms with van der Waals surface area (Å²) in [5, 5.41) is 1.21. The first-order valence-electron chi connectivity index (χ1n) is 3.09. The standard InChI is InChI=1S/C7H9OPSe2/c1-8-9(10,11)7-5-3-2-4-6-7/h2-6H,1H3,(H,10,11)/p-1. The molecule has 0 aromatic heterocycles. The van der Waals surface area contributed by atoms with Crippen LogP contribution in [0.3, 0.4) is 0 Å². The summed E-state index contributed by atoms with van der Waals surface area (Å²) in [6, 6.07) is 10.1. The van der Waals surface area contributed by atoms with Gasteiger partial charge in [0, 0.05) is 0 Å². The van der Waals surface area contributed by atoms with E-state index in [9.17, 15) is 0 Å². The number of hydrogen-bond donors (Lipinski definition) is 0. The number of benzene rings is 1. The van der Waals surface area contributed by atoms with Gasteiger partial charge in [-0.05, 0) is 0 Å². The van der Waals surface area contributed by atoms with Gasteiger partial charge in [0.25, 0.3) is 0 Å². The summed E-state index contributed by atoms with van der Waals surface area (Å²) in [6.45, 7) is 0. The molecule has 0 saturated carbocycles. The van der Waals surface area contributed by atoms with Gasteiger partial charge < -0.3 is 0 Å². The van der Waals surface area contributed by atoms with Crippen molar-refractivity contribution in [2.24, 2.45) is 0 Å². The fourth-order valence-electron chi connectivity index (χ4n) is 0.716.